The van der Waals surface area contributed by atoms with Crippen LogP contribution in [-0.4, -0.2) is 46.4 Å². The molecular weight excluding hydrogens is 262 g/mol. The summed E-state index contributed by atoms with van der Waals surface area (Å²) < 4.78 is 7.03. The van der Waals surface area contributed by atoms with E-state index in [2.05, 4.69) is 10.1 Å². The topological polar surface area (TPSA) is 106 Å². The van der Waals surface area contributed by atoms with Gasteiger partial charge in [-0.25, -0.2) is 4.98 Å². The molecule has 2 rings (SSSR count). The highest BCUT2D eigenvalue weighted by atomic mass is 16.5. The van der Waals surface area contributed by atoms with Crippen LogP contribution in [0.4, 0.5) is 5.82 Å². The third kappa shape index (κ3) is 2.74. The van der Waals surface area contributed by atoms with Gasteiger partial charge in [0.25, 0.3) is 5.56 Å². The molecule has 0 radical (unpaired) electrons. The van der Waals surface area contributed by atoms with Gasteiger partial charge in [-0.15, -0.1) is 0 Å². The van der Waals surface area contributed by atoms with Crippen molar-refractivity contribution in [1.82, 2.24) is 9.55 Å². The monoisotopic (exact) mass is 281 g/mol. The summed E-state index contributed by atoms with van der Waals surface area (Å²) in [5.41, 5.74) is 5.40. The van der Waals surface area contributed by atoms with E-state index < -0.39 is 6.10 Å². The SMILES string of the molecule is CC(C)n1ccnc(N2CCOC(C(N)=NO)C2)c1=O. The third-order valence-electron chi connectivity index (χ3n) is 3.22. The van der Waals surface area contributed by atoms with Crippen LogP contribution in [0.3, 0.4) is 0 Å². The van der Waals surface area contributed by atoms with Crippen LogP contribution >= 0.6 is 0 Å². The molecule has 1 aliphatic heterocycles. The zero-order valence-electron chi connectivity index (χ0n) is 11.6. The van der Waals surface area contributed by atoms with Gasteiger partial charge in [0.15, 0.2) is 11.7 Å². The van der Waals surface area contributed by atoms with Crippen molar-refractivity contribution in [2.45, 2.75) is 26.0 Å². The van der Waals surface area contributed by atoms with E-state index >= 15 is 0 Å². The molecule has 20 heavy (non-hydrogen) atoms. The van der Waals surface area contributed by atoms with Gasteiger partial charge in [0.1, 0.15) is 6.10 Å². The standard InChI is InChI=1S/C12H19N5O3/c1-8(2)17-4-3-14-11(12(17)18)16-5-6-20-9(7-16)10(13)15-19/h3-4,8-9,19H,5-7H2,1-2H3,(H2,13,15). The summed E-state index contributed by atoms with van der Waals surface area (Å²) in [5.74, 6) is 0.357. The van der Waals surface area contributed by atoms with Crippen LogP contribution in [0.15, 0.2) is 22.3 Å². The highest BCUT2D eigenvalue weighted by Crippen LogP contribution is 2.12. The molecule has 1 aliphatic rings. The highest BCUT2D eigenvalue weighted by Gasteiger charge is 2.26. The number of oxime groups is 1. The number of aromatic nitrogens is 2. The first kappa shape index (κ1) is 14.3. The molecule has 0 aromatic carbocycles. The second-order valence-corrected chi connectivity index (χ2v) is 4.89. The fraction of sp³-hybridized carbons (Fsp3) is 0.583. The number of amidine groups is 1. The van der Waals surface area contributed by atoms with Crippen molar-refractivity contribution in [3.8, 4) is 0 Å². The number of nitrogens with zero attached hydrogens (tertiary/aromatic N) is 4. The molecule has 1 fully saturated rings. The molecule has 8 nitrogen and oxygen atoms in total. The Balaban J connectivity index is 2.28. The van der Waals surface area contributed by atoms with Crippen molar-refractivity contribution in [1.29, 1.82) is 0 Å². The van der Waals surface area contributed by atoms with E-state index in [1.807, 2.05) is 13.8 Å². The molecule has 110 valence electrons. The van der Waals surface area contributed by atoms with Gasteiger partial charge in [0, 0.05) is 25.0 Å². The molecule has 0 amide bonds. The van der Waals surface area contributed by atoms with Crippen molar-refractivity contribution in [3.05, 3.63) is 22.7 Å². The lowest BCUT2D eigenvalue weighted by Crippen LogP contribution is -2.50. The molecule has 8 heteroatoms. The lowest BCUT2D eigenvalue weighted by Gasteiger charge is -2.32. The molecule has 0 spiro atoms. The second kappa shape index (κ2) is 5.91. The number of ether oxygens (including phenoxy) is 1. The predicted molar refractivity (Wildman–Crippen MR) is 74.2 cm³/mol. The number of nitrogens with two attached hydrogens (primary N) is 1. The third-order valence-corrected chi connectivity index (χ3v) is 3.22. The number of hydrogen-bond acceptors (Lipinski definition) is 6. The van der Waals surface area contributed by atoms with Crippen LogP contribution in [0.1, 0.15) is 19.9 Å². The zero-order chi connectivity index (χ0) is 14.7. The molecule has 1 saturated heterocycles. The average molecular weight is 281 g/mol. The van der Waals surface area contributed by atoms with E-state index in [1.54, 1.807) is 21.9 Å². The summed E-state index contributed by atoms with van der Waals surface area (Å²) in [6, 6.07) is 0.0603. The van der Waals surface area contributed by atoms with Crippen LogP contribution in [0.2, 0.25) is 0 Å². The maximum Gasteiger partial charge on any atom is 0.293 e. The van der Waals surface area contributed by atoms with E-state index in [-0.39, 0.29) is 17.4 Å². The largest absolute Gasteiger partial charge is 0.409 e. The first-order valence-electron chi connectivity index (χ1n) is 6.45. The molecular formula is C12H19N5O3. The summed E-state index contributed by atoms with van der Waals surface area (Å²) in [6.07, 6.45) is 2.73. The molecule has 1 aromatic heterocycles. The normalized spacial score (nSPS) is 20.4. The fourth-order valence-electron chi connectivity index (χ4n) is 2.12. The zero-order valence-corrected chi connectivity index (χ0v) is 11.6. The minimum absolute atomic E-state index is 0.00480. The lowest BCUT2D eigenvalue weighted by molar-refractivity contribution is 0.0802. The van der Waals surface area contributed by atoms with Crippen molar-refractivity contribution >= 4 is 11.7 Å². The van der Waals surface area contributed by atoms with Crippen LogP contribution in [0.25, 0.3) is 0 Å². The van der Waals surface area contributed by atoms with Gasteiger partial charge in [-0.1, -0.05) is 5.16 Å². The molecule has 0 bridgehead atoms. The first-order valence-corrected chi connectivity index (χ1v) is 6.45. The number of morpholine rings is 1. The van der Waals surface area contributed by atoms with E-state index in [9.17, 15) is 4.79 Å². The van der Waals surface area contributed by atoms with Gasteiger partial charge < -0.3 is 25.1 Å². The molecule has 1 atom stereocenters. The summed E-state index contributed by atoms with van der Waals surface area (Å²) in [7, 11) is 0. The maximum absolute atomic E-state index is 12.4. The highest BCUT2D eigenvalue weighted by molar-refractivity contribution is 5.85. The first-order chi connectivity index (χ1) is 9.54. The van der Waals surface area contributed by atoms with E-state index in [0.29, 0.717) is 25.5 Å². The van der Waals surface area contributed by atoms with Gasteiger partial charge in [-0.05, 0) is 13.8 Å². The van der Waals surface area contributed by atoms with Crippen LogP contribution in [-0.2, 0) is 4.74 Å². The van der Waals surface area contributed by atoms with E-state index in [4.69, 9.17) is 15.7 Å². The Labute approximate surface area is 116 Å². The molecule has 0 saturated carbocycles. The maximum atomic E-state index is 12.4. The van der Waals surface area contributed by atoms with Gasteiger partial charge in [0.2, 0.25) is 0 Å². The summed E-state index contributed by atoms with van der Waals surface area (Å²) in [6.45, 7) is 5.13. The van der Waals surface area contributed by atoms with Crippen LogP contribution in [0, 0.1) is 0 Å². The lowest BCUT2D eigenvalue weighted by atomic mass is 10.2. The quantitative estimate of drug-likeness (QED) is 0.343. The number of anilines is 1. The minimum atomic E-state index is -0.539. The van der Waals surface area contributed by atoms with Crippen molar-refractivity contribution in [2.75, 3.05) is 24.6 Å². The Morgan fingerprint density at radius 2 is 2.40 bits per heavy atom. The molecule has 1 aromatic rings. The summed E-state index contributed by atoms with van der Waals surface area (Å²) in [5, 5.41) is 11.6. The Kier molecular flexibility index (Phi) is 4.23. The van der Waals surface area contributed by atoms with Gasteiger partial charge in [-0.2, -0.15) is 0 Å². The van der Waals surface area contributed by atoms with E-state index in [0.717, 1.165) is 0 Å². The second-order valence-electron chi connectivity index (χ2n) is 4.89. The molecule has 3 N–H and O–H groups in total. The van der Waals surface area contributed by atoms with Crippen molar-refractivity contribution < 1.29 is 9.94 Å². The van der Waals surface area contributed by atoms with Crippen molar-refractivity contribution in [3.63, 3.8) is 0 Å². The Morgan fingerprint density at radius 1 is 1.65 bits per heavy atom. The van der Waals surface area contributed by atoms with Crippen LogP contribution < -0.4 is 16.2 Å². The Bertz CT molecular complexity index is 554. The Hall–Kier alpha value is -2.09. The Morgan fingerprint density at radius 3 is 3.05 bits per heavy atom. The molecule has 0 aliphatic carbocycles. The fourth-order valence-corrected chi connectivity index (χ4v) is 2.12. The number of rotatable bonds is 3. The molecule has 1 unspecified atom stereocenters. The number of hydrogen-bond donors (Lipinski definition) is 2. The van der Waals surface area contributed by atoms with Gasteiger partial charge in [0.05, 0.1) is 13.2 Å². The van der Waals surface area contributed by atoms with Gasteiger partial charge >= 0.3 is 0 Å². The summed E-state index contributed by atoms with van der Waals surface area (Å²) >= 11 is 0. The van der Waals surface area contributed by atoms with E-state index in [1.165, 1.54) is 0 Å². The van der Waals surface area contributed by atoms with Crippen LogP contribution in [0.5, 0.6) is 0 Å². The summed E-state index contributed by atoms with van der Waals surface area (Å²) in [4.78, 5) is 18.3. The van der Waals surface area contributed by atoms with Crippen molar-refractivity contribution in [2.24, 2.45) is 10.9 Å². The minimum Gasteiger partial charge on any atom is -0.409 e. The van der Waals surface area contributed by atoms with Gasteiger partial charge in [-0.3, -0.25) is 4.79 Å². The average Bonchev–Trinajstić information content (AvgIpc) is 2.46. The molecule has 2 heterocycles. The predicted octanol–water partition coefficient (Wildman–Crippen LogP) is -0.224. The smallest absolute Gasteiger partial charge is 0.293 e.